The Morgan fingerprint density at radius 3 is 2.31 bits per heavy atom. The van der Waals surface area contributed by atoms with Crippen LogP contribution in [0.1, 0.15) is 101 Å². The number of anilines is 1. The molecule has 1 aliphatic carbocycles. The Balaban J connectivity index is 1.69. The molecule has 3 aromatic rings. The number of benzene rings is 1. The minimum atomic E-state index is -0.349. The predicted molar refractivity (Wildman–Crippen MR) is 149 cm³/mol. The summed E-state index contributed by atoms with van der Waals surface area (Å²) in [6, 6.07) is 6.00. The van der Waals surface area contributed by atoms with Gasteiger partial charge in [0.2, 0.25) is 0 Å². The van der Waals surface area contributed by atoms with Gasteiger partial charge in [0.05, 0.1) is 16.7 Å². The lowest BCUT2D eigenvalue weighted by atomic mass is 9.97. The second-order valence-electron chi connectivity index (χ2n) is 9.69. The van der Waals surface area contributed by atoms with E-state index in [4.69, 9.17) is 16.3 Å². The van der Waals surface area contributed by atoms with Gasteiger partial charge in [0.15, 0.2) is 0 Å². The number of thiophene rings is 2. The average molecular weight is 532 g/mol. The average Bonchev–Trinajstić information content (AvgIpc) is 3.30. The number of hydrogen-bond acceptors (Lipinski definition) is 5. The fraction of sp³-hybridized carbons (Fsp3) is 0.500. The van der Waals surface area contributed by atoms with Crippen LogP contribution in [-0.2, 0) is 17.6 Å². The van der Waals surface area contributed by atoms with E-state index in [0.717, 1.165) is 53.3 Å². The first kappa shape index (κ1) is 26.2. The van der Waals surface area contributed by atoms with Gasteiger partial charge in [0, 0.05) is 15.0 Å². The largest absolute Gasteiger partial charge is 0.459 e. The first-order valence-corrected chi connectivity index (χ1v) is 14.7. The quantitative estimate of drug-likeness (QED) is 0.342. The van der Waals surface area contributed by atoms with Crippen LogP contribution in [0.15, 0.2) is 18.2 Å². The maximum absolute atomic E-state index is 13.4. The third-order valence-corrected chi connectivity index (χ3v) is 9.30. The lowest BCUT2D eigenvalue weighted by molar-refractivity contribution is 0.0378. The van der Waals surface area contributed by atoms with Crippen molar-refractivity contribution in [3.05, 3.63) is 49.7 Å². The van der Waals surface area contributed by atoms with Crippen molar-refractivity contribution in [1.82, 2.24) is 0 Å². The highest BCUT2D eigenvalue weighted by Gasteiger charge is 2.28. The van der Waals surface area contributed by atoms with Gasteiger partial charge in [-0.05, 0) is 63.6 Å². The highest BCUT2D eigenvalue weighted by atomic mass is 35.5. The van der Waals surface area contributed by atoms with Crippen LogP contribution in [0.5, 0.6) is 0 Å². The molecular formula is C28H34ClNO3S2. The van der Waals surface area contributed by atoms with Gasteiger partial charge in [0.25, 0.3) is 5.91 Å². The maximum atomic E-state index is 13.4. The summed E-state index contributed by atoms with van der Waals surface area (Å²) in [4.78, 5) is 28.3. The summed E-state index contributed by atoms with van der Waals surface area (Å²) in [5.41, 5.74) is 2.73. The van der Waals surface area contributed by atoms with E-state index in [1.807, 2.05) is 39.0 Å². The van der Waals surface area contributed by atoms with Crippen LogP contribution in [0.3, 0.4) is 0 Å². The van der Waals surface area contributed by atoms with Crippen LogP contribution in [0.4, 0.5) is 5.00 Å². The van der Waals surface area contributed by atoms with E-state index in [1.165, 1.54) is 59.7 Å². The molecule has 1 aliphatic rings. The third kappa shape index (κ3) is 6.28. The molecule has 0 fully saturated rings. The Bertz CT molecular complexity index is 1210. The van der Waals surface area contributed by atoms with Crippen LogP contribution in [0.2, 0.25) is 5.02 Å². The van der Waals surface area contributed by atoms with Gasteiger partial charge in [0.1, 0.15) is 9.88 Å². The zero-order valence-corrected chi connectivity index (χ0v) is 23.2. The SMILES string of the molecule is Cc1ccc2c(Cl)c(C(=O)Nc3sc4c(c3C(=O)OC(C)C)CCCCCCCCCC4)sc2c1. The number of ether oxygens (including phenoxy) is 1. The van der Waals surface area contributed by atoms with E-state index >= 15 is 0 Å². The molecule has 7 heteroatoms. The van der Waals surface area contributed by atoms with Gasteiger partial charge in [-0.3, -0.25) is 4.79 Å². The van der Waals surface area contributed by atoms with E-state index in [-0.39, 0.29) is 18.0 Å². The lowest BCUT2D eigenvalue weighted by Crippen LogP contribution is -2.17. The lowest BCUT2D eigenvalue weighted by Gasteiger charge is -2.12. The predicted octanol–water partition coefficient (Wildman–Crippen LogP) is 8.96. The van der Waals surface area contributed by atoms with Gasteiger partial charge in [-0.15, -0.1) is 22.7 Å². The van der Waals surface area contributed by atoms with Crippen molar-refractivity contribution < 1.29 is 14.3 Å². The molecule has 188 valence electrons. The van der Waals surface area contributed by atoms with E-state index in [0.29, 0.717) is 20.5 Å². The molecule has 4 rings (SSSR count). The number of carbonyl (C=O) groups is 2. The molecule has 4 nitrogen and oxygen atoms in total. The number of carbonyl (C=O) groups excluding carboxylic acids is 2. The van der Waals surface area contributed by atoms with Gasteiger partial charge in [-0.25, -0.2) is 4.79 Å². The molecule has 2 heterocycles. The van der Waals surface area contributed by atoms with Crippen molar-refractivity contribution in [2.75, 3.05) is 5.32 Å². The van der Waals surface area contributed by atoms with Crippen molar-refractivity contribution >= 4 is 61.2 Å². The molecule has 0 unspecified atom stereocenters. The van der Waals surface area contributed by atoms with Crippen molar-refractivity contribution in [1.29, 1.82) is 0 Å². The van der Waals surface area contributed by atoms with Crippen LogP contribution < -0.4 is 5.32 Å². The Morgan fingerprint density at radius 2 is 1.63 bits per heavy atom. The molecule has 1 N–H and O–H groups in total. The summed E-state index contributed by atoms with van der Waals surface area (Å²) in [6.07, 6.45) is 11.1. The maximum Gasteiger partial charge on any atom is 0.341 e. The van der Waals surface area contributed by atoms with Gasteiger partial charge in [-0.2, -0.15) is 0 Å². The number of nitrogens with one attached hydrogen (secondary N) is 1. The second-order valence-corrected chi connectivity index (χ2v) is 12.2. The molecular weight excluding hydrogens is 498 g/mol. The number of rotatable bonds is 4. The summed E-state index contributed by atoms with van der Waals surface area (Å²) >= 11 is 9.54. The second kappa shape index (κ2) is 11.9. The zero-order chi connectivity index (χ0) is 24.9. The van der Waals surface area contributed by atoms with Crippen LogP contribution in [0, 0.1) is 6.92 Å². The number of fused-ring (bicyclic) bond motifs is 2. The van der Waals surface area contributed by atoms with E-state index in [2.05, 4.69) is 5.32 Å². The van der Waals surface area contributed by atoms with Crippen LogP contribution in [0.25, 0.3) is 10.1 Å². The Morgan fingerprint density at radius 1 is 0.971 bits per heavy atom. The highest BCUT2D eigenvalue weighted by molar-refractivity contribution is 7.22. The minimum absolute atomic E-state index is 0.229. The Kier molecular flexibility index (Phi) is 8.90. The number of aryl methyl sites for hydroxylation is 2. The molecule has 2 aromatic heterocycles. The summed E-state index contributed by atoms with van der Waals surface area (Å²) in [6.45, 7) is 5.73. The van der Waals surface area contributed by atoms with Crippen molar-refractivity contribution in [2.24, 2.45) is 0 Å². The van der Waals surface area contributed by atoms with E-state index < -0.39 is 0 Å². The number of halogens is 1. The number of esters is 1. The molecule has 0 bridgehead atoms. The summed E-state index contributed by atoms with van der Waals surface area (Å²) in [7, 11) is 0. The zero-order valence-electron chi connectivity index (χ0n) is 20.8. The van der Waals surface area contributed by atoms with E-state index in [9.17, 15) is 9.59 Å². The van der Waals surface area contributed by atoms with Gasteiger partial charge in [-0.1, -0.05) is 62.3 Å². The monoisotopic (exact) mass is 531 g/mol. The molecule has 1 aromatic carbocycles. The molecule has 0 saturated carbocycles. The summed E-state index contributed by atoms with van der Waals surface area (Å²) in [5.74, 6) is -0.623. The van der Waals surface area contributed by atoms with Gasteiger partial charge >= 0.3 is 5.97 Å². The first-order valence-electron chi connectivity index (χ1n) is 12.7. The number of amides is 1. The summed E-state index contributed by atoms with van der Waals surface area (Å²) in [5, 5.41) is 4.99. The Labute approximate surface area is 221 Å². The van der Waals surface area contributed by atoms with Crippen LogP contribution >= 0.6 is 34.3 Å². The Hall–Kier alpha value is -1.89. The molecule has 0 spiro atoms. The van der Waals surface area contributed by atoms with Gasteiger partial charge < -0.3 is 10.1 Å². The molecule has 0 radical (unpaired) electrons. The van der Waals surface area contributed by atoms with Crippen LogP contribution in [-0.4, -0.2) is 18.0 Å². The molecule has 0 aliphatic heterocycles. The minimum Gasteiger partial charge on any atom is -0.459 e. The fourth-order valence-electron chi connectivity index (χ4n) is 4.68. The smallest absolute Gasteiger partial charge is 0.341 e. The topological polar surface area (TPSA) is 55.4 Å². The summed E-state index contributed by atoms with van der Waals surface area (Å²) < 4.78 is 6.62. The third-order valence-electron chi connectivity index (χ3n) is 6.44. The molecule has 0 saturated heterocycles. The fourth-order valence-corrected chi connectivity index (χ4v) is 7.46. The van der Waals surface area contributed by atoms with Crippen molar-refractivity contribution in [2.45, 2.75) is 91.1 Å². The molecule has 1 amide bonds. The standard InChI is InChI=1S/C28H34ClNO3S2/c1-17(2)33-28(32)23-19-12-10-8-6-4-5-7-9-11-13-21(19)35-27(23)30-26(31)25-24(29)20-15-14-18(3)16-22(20)34-25/h14-17H,4-13H2,1-3H3,(H,30,31). The van der Waals surface area contributed by atoms with E-state index in [1.54, 1.807) is 0 Å². The molecule has 0 atom stereocenters. The normalized spacial score (nSPS) is 15.3. The van der Waals surface area contributed by atoms with Crippen molar-refractivity contribution in [3.63, 3.8) is 0 Å². The number of hydrogen-bond donors (Lipinski definition) is 1. The first-order chi connectivity index (χ1) is 16.8. The highest BCUT2D eigenvalue weighted by Crippen LogP contribution is 2.40. The van der Waals surface area contributed by atoms with Crippen molar-refractivity contribution in [3.8, 4) is 0 Å². The molecule has 35 heavy (non-hydrogen) atoms.